The molecule has 9 heteroatoms. The molecular weight excluding hydrogens is 483 g/mol. The highest BCUT2D eigenvalue weighted by molar-refractivity contribution is 7.99. The highest BCUT2D eigenvalue weighted by Gasteiger charge is 2.21. The first kappa shape index (κ1) is 25.0. The van der Waals surface area contributed by atoms with Gasteiger partial charge >= 0.3 is 12.1 Å². The zero-order chi connectivity index (χ0) is 25.7. The minimum Gasteiger partial charge on any atom is -0.481 e. The number of amides is 1. The number of aliphatic carboxylic acids is 1. The van der Waals surface area contributed by atoms with Crippen LogP contribution in [0.1, 0.15) is 29.8 Å². The predicted molar refractivity (Wildman–Crippen MR) is 133 cm³/mol. The summed E-state index contributed by atoms with van der Waals surface area (Å²) in [6.07, 6.45) is -1.62. The van der Waals surface area contributed by atoms with E-state index in [0.717, 1.165) is 15.4 Å². The monoisotopic (exact) mass is 506 g/mol. The summed E-state index contributed by atoms with van der Waals surface area (Å²) in [6, 6.07) is 20.8. The minimum atomic E-state index is -0.888. The lowest BCUT2D eigenvalue weighted by Crippen LogP contribution is -2.17. The van der Waals surface area contributed by atoms with Gasteiger partial charge in [-0.3, -0.25) is 10.1 Å². The minimum absolute atomic E-state index is 0.0563. The number of nitrogens with zero attached hydrogens (tertiary/aromatic N) is 1. The molecule has 1 heterocycles. The Bertz CT molecular complexity index is 1390. The first-order valence-electron chi connectivity index (χ1n) is 11.1. The van der Waals surface area contributed by atoms with Crippen LogP contribution in [-0.4, -0.2) is 22.3 Å². The van der Waals surface area contributed by atoms with Gasteiger partial charge in [0.2, 0.25) is 0 Å². The van der Waals surface area contributed by atoms with E-state index in [0.29, 0.717) is 22.7 Å². The lowest BCUT2D eigenvalue weighted by Gasteiger charge is -2.15. The first-order chi connectivity index (χ1) is 17.3. The molecule has 0 aliphatic carbocycles. The van der Waals surface area contributed by atoms with E-state index in [1.807, 2.05) is 42.5 Å². The van der Waals surface area contributed by atoms with Gasteiger partial charge in [-0.25, -0.2) is 9.18 Å². The van der Waals surface area contributed by atoms with Crippen molar-refractivity contribution in [2.45, 2.75) is 36.2 Å². The lowest BCUT2D eigenvalue weighted by atomic mass is 10.1. The molecule has 3 aromatic carbocycles. The van der Waals surface area contributed by atoms with Gasteiger partial charge in [-0.1, -0.05) is 53.3 Å². The summed E-state index contributed by atoms with van der Waals surface area (Å²) in [6.45, 7) is 3.27. The summed E-state index contributed by atoms with van der Waals surface area (Å²) in [5.74, 6) is -0.991. The number of rotatable bonds is 8. The number of hydrogen-bond acceptors (Lipinski definition) is 6. The van der Waals surface area contributed by atoms with Gasteiger partial charge in [-0.05, 0) is 55.8 Å². The number of carboxylic acid groups (broad SMARTS) is 1. The maximum absolute atomic E-state index is 14.0. The molecule has 4 aromatic rings. The number of benzene rings is 3. The maximum atomic E-state index is 14.0. The summed E-state index contributed by atoms with van der Waals surface area (Å²) in [5.41, 5.74) is 2.50. The van der Waals surface area contributed by atoms with Crippen LogP contribution in [-0.2, 0) is 16.0 Å². The SMILES string of the molecule is Cc1noc(-c2ccc(Sc3ccccc3CC(=O)O)cc2)c1NC(=O)OC(C)c1ccccc1F. The predicted octanol–water partition coefficient (Wildman–Crippen LogP) is 6.88. The van der Waals surface area contributed by atoms with Gasteiger partial charge in [0, 0.05) is 20.9 Å². The molecule has 1 aromatic heterocycles. The Morgan fingerprint density at radius 3 is 2.50 bits per heavy atom. The third-order valence-corrected chi connectivity index (χ3v) is 6.50. The van der Waals surface area contributed by atoms with Gasteiger partial charge in [0.1, 0.15) is 23.3 Å². The summed E-state index contributed by atoms with van der Waals surface area (Å²) >= 11 is 1.46. The molecule has 0 aliphatic rings. The molecule has 0 aliphatic heterocycles. The van der Waals surface area contributed by atoms with Crippen molar-refractivity contribution in [3.05, 3.63) is 95.4 Å². The second-order valence-electron chi connectivity index (χ2n) is 7.97. The van der Waals surface area contributed by atoms with Crippen LogP contribution in [0, 0.1) is 12.7 Å². The second kappa shape index (κ2) is 11.1. The first-order valence-corrected chi connectivity index (χ1v) is 11.9. The molecule has 1 atom stereocenters. The number of aromatic nitrogens is 1. The molecule has 0 fully saturated rings. The highest BCUT2D eigenvalue weighted by atomic mass is 32.2. The third kappa shape index (κ3) is 5.92. The standard InChI is InChI=1S/C27H23FN2O5S/c1-16-25(29-27(33)34-17(2)21-8-4-5-9-22(21)28)26(35-30-16)18-11-13-20(14-12-18)36-23-10-6-3-7-19(23)15-24(31)32/h3-14,17H,15H2,1-2H3,(H,29,33)(H,31,32). The van der Waals surface area contributed by atoms with Crippen molar-refractivity contribution in [1.29, 1.82) is 0 Å². The second-order valence-corrected chi connectivity index (χ2v) is 9.09. The van der Waals surface area contributed by atoms with Crippen LogP contribution in [0.4, 0.5) is 14.9 Å². The number of halogens is 1. The molecule has 36 heavy (non-hydrogen) atoms. The zero-order valence-corrected chi connectivity index (χ0v) is 20.3. The number of anilines is 1. The molecule has 0 spiro atoms. The number of ether oxygens (including phenoxy) is 1. The Labute approximate surface area is 211 Å². The quantitative estimate of drug-likeness (QED) is 0.269. The molecule has 0 bridgehead atoms. The Morgan fingerprint density at radius 1 is 1.08 bits per heavy atom. The van der Waals surface area contributed by atoms with E-state index < -0.39 is 24.0 Å². The van der Waals surface area contributed by atoms with Crippen molar-refractivity contribution in [1.82, 2.24) is 5.16 Å². The van der Waals surface area contributed by atoms with E-state index in [1.165, 1.54) is 17.8 Å². The van der Waals surface area contributed by atoms with Crippen LogP contribution >= 0.6 is 11.8 Å². The van der Waals surface area contributed by atoms with Crippen LogP contribution in [0.2, 0.25) is 0 Å². The average Bonchev–Trinajstić information content (AvgIpc) is 3.20. The number of carbonyl (C=O) groups excluding carboxylic acids is 1. The topological polar surface area (TPSA) is 102 Å². The third-order valence-electron chi connectivity index (χ3n) is 5.38. The van der Waals surface area contributed by atoms with E-state index in [9.17, 15) is 14.0 Å². The van der Waals surface area contributed by atoms with Crippen molar-refractivity contribution in [2.75, 3.05) is 5.32 Å². The number of carbonyl (C=O) groups is 2. The smallest absolute Gasteiger partial charge is 0.412 e. The normalized spacial score (nSPS) is 11.6. The summed E-state index contributed by atoms with van der Waals surface area (Å²) < 4.78 is 24.8. The fraction of sp³-hybridized carbons (Fsp3) is 0.148. The van der Waals surface area contributed by atoms with Crippen molar-refractivity contribution in [3.63, 3.8) is 0 Å². The van der Waals surface area contributed by atoms with Crippen molar-refractivity contribution < 1.29 is 28.3 Å². The van der Waals surface area contributed by atoms with Crippen molar-refractivity contribution in [2.24, 2.45) is 0 Å². The van der Waals surface area contributed by atoms with Crippen LogP contribution in [0.5, 0.6) is 0 Å². The summed E-state index contributed by atoms with van der Waals surface area (Å²) in [7, 11) is 0. The molecular formula is C27H23FN2O5S. The fourth-order valence-corrected chi connectivity index (χ4v) is 4.53. The fourth-order valence-electron chi connectivity index (χ4n) is 3.59. The number of nitrogens with one attached hydrogen (secondary N) is 1. The Kier molecular flexibility index (Phi) is 7.70. The molecule has 1 unspecified atom stereocenters. The van der Waals surface area contributed by atoms with Crippen LogP contribution in [0.25, 0.3) is 11.3 Å². The van der Waals surface area contributed by atoms with Gasteiger partial charge < -0.3 is 14.4 Å². The van der Waals surface area contributed by atoms with Crippen LogP contribution in [0.3, 0.4) is 0 Å². The van der Waals surface area contributed by atoms with Gasteiger partial charge in [0.05, 0.1) is 6.42 Å². The highest BCUT2D eigenvalue weighted by Crippen LogP contribution is 2.35. The zero-order valence-electron chi connectivity index (χ0n) is 19.5. The largest absolute Gasteiger partial charge is 0.481 e. The van der Waals surface area contributed by atoms with Gasteiger partial charge in [0.25, 0.3) is 0 Å². The Balaban J connectivity index is 1.48. The molecule has 0 saturated carbocycles. The molecule has 2 N–H and O–H groups in total. The molecule has 1 amide bonds. The number of carboxylic acids is 1. The number of aryl methyl sites for hydroxylation is 1. The van der Waals surface area contributed by atoms with E-state index in [4.69, 9.17) is 14.4 Å². The number of hydrogen-bond donors (Lipinski definition) is 2. The summed E-state index contributed by atoms with van der Waals surface area (Å²) in [5, 5.41) is 15.8. The maximum Gasteiger partial charge on any atom is 0.412 e. The molecule has 0 saturated heterocycles. The van der Waals surface area contributed by atoms with E-state index in [1.54, 1.807) is 38.1 Å². The van der Waals surface area contributed by atoms with Gasteiger partial charge in [0.15, 0.2) is 5.76 Å². The van der Waals surface area contributed by atoms with Crippen LogP contribution < -0.4 is 5.32 Å². The van der Waals surface area contributed by atoms with E-state index in [-0.39, 0.29) is 12.0 Å². The van der Waals surface area contributed by atoms with Crippen molar-refractivity contribution >= 4 is 29.5 Å². The van der Waals surface area contributed by atoms with Gasteiger partial charge in [-0.2, -0.15) is 0 Å². The Morgan fingerprint density at radius 2 is 1.78 bits per heavy atom. The summed E-state index contributed by atoms with van der Waals surface area (Å²) in [4.78, 5) is 25.4. The molecule has 0 radical (unpaired) electrons. The Hall–Kier alpha value is -4.11. The molecule has 184 valence electrons. The average molecular weight is 507 g/mol. The molecule has 4 rings (SSSR count). The molecule has 7 nitrogen and oxygen atoms in total. The lowest BCUT2D eigenvalue weighted by molar-refractivity contribution is -0.136. The van der Waals surface area contributed by atoms with Crippen LogP contribution in [0.15, 0.2) is 87.1 Å². The van der Waals surface area contributed by atoms with E-state index in [2.05, 4.69) is 10.5 Å². The van der Waals surface area contributed by atoms with E-state index >= 15 is 0 Å². The van der Waals surface area contributed by atoms with Crippen molar-refractivity contribution in [3.8, 4) is 11.3 Å². The van der Waals surface area contributed by atoms with Gasteiger partial charge in [-0.15, -0.1) is 0 Å².